The highest BCUT2D eigenvalue weighted by Crippen LogP contribution is 2.30. The lowest BCUT2D eigenvalue weighted by molar-refractivity contribution is -0.385. The van der Waals surface area contributed by atoms with Crippen LogP contribution in [0.2, 0.25) is 5.02 Å². The van der Waals surface area contributed by atoms with Gasteiger partial charge >= 0.3 is 5.69 Å². The molecule has 0 fully saturated rings. The highest BCUT2D eigenvalue weighted by Gasteiger charge is 2.17. The van der Waals surface area contributed by atoms with Crippen LogP contribution < -0.4 is 10.5 Å². The van der Waals surface area contributed by atoms with Gasteiger partial charge in [-0.05, 0) is 31.4 Å². The molecule has 1 rings (SSSR count). The van der Waals surface area contributed by atoms with Crippen LogP contribution in [0.4, 0.5) is 5.69 Å². The fourth-order valence-electron chi connectivity index (χ4n) is 2.00. The normalized spacial score (nSPS) is 12.2. The molecule has 1 unspecified atom stereocenters. The molecule has 112 valence electrons. The van der Waals surface area contributed by atoms with E-state index in [0.717, 1.165) is 25.7 Å². The molecule has 2 N–H and O–H groups in total. The molecule has 0 aromatic heterocycles. The van der Waals surface area contributed by atoms with Crippen LogP contribution in [0.1, 0.15) is 32.6 Å². The maximum absolute atomic E-state index is 10.9. The zero-order chi connectivity index (χ0) is 15.0. The van der Waals surface area contributed by atoms with E-state index in [1.165, 1.54) is 18.2 Å². The van der Waals surface area contributed by atoms with Gasteiger partial charge in [0.2, 0.25) is 0 Å². The molecule has 0 aliphatic carbocycles. The second-order valence-corrected chi connectivity index (χ2v) is 5.20. The van der Waals surface area contributed by atoms with Crippen molar-refractivity contribution >= 4 is 17.3 Å². The zero-order valence-corrected chi connectivity index (χ0v) is 12.4. The van der Waals surface area contributed by atoms with Gasteiger partial charge in [-0.2, -0.15) is 0 Å². The van der Waals surface area contributed by atoms with E-state index in [0.29, 0.717) is 24.1 Å². The van der Waals surface area contributed by atoms with Gasteiger partial charge in [-0.3, -0.25) is 10.1 Å². The highest BCUT2D eigenvalue weighted by atomic mass is 35.5. The van der Waals surface area contributed by atoms with Gasteiger partial charge in [-0.15, -0.1) is 0 Å². The fourth-order valence-corrected chi connectivity index (χ4v) is 2.16. The third-order valence-electron chi connectivity index (χ3n) is 3.13. The molecule has 1 aromatic rings. The quantitative estimate of drug-likeness (QED) is 0.556. The summed E-state index contributed by atoms with van der Waals surface area (Å²) in [4.78, 5) is 10.5. The van der Waals surface area contributed by atoms with Crippen LogP contribution in [-0.4, -0.2) is 18.1 Å². The van der Waals surface area contributed by atoms with Crippen LogP contribution in [0, 0.1) is 16.0 Å². The average molecular weight is 301 g/mol. The van der Waals surface area contributed by atoms with Crippen LogP contribution in [0.5, 0.6) is 5.75 Å². The minimum absolute atomic E-state index is 0.0589. The van der Waals surface area contributed by atoms with Crippen molar-refractivity contribution in [2.24, 2.45) is 11.7 Å². The Labute approximate surface area is 124 Å². The topological polar surface area (TPSA) is 78.4 Å². The van der Waals surface area contributed by atoms with Crippen molar-refractivity contribution in [1.82, 2.24) is 0 Å². The summed E-state index contributed by atoms with van der Waals surface area (Å²) < 4.78 is 5.61. The lowest BCUT2D eigenvalue weighted by Crippen LogP contribution is -2.17. The first-order valence-electron chi connectivity index (χ1n) is 6.85. The molecule has 0 radical (unpaired) electrons. The number of rotatable bonds is 9. The summed E-state index contributed by atoms with van der Waals surface area (Å²) in [5, 5.41) is 11.4. The van der Waals surface area contributed by atoms with E-state index in [9.17, 15) is 10.1 Å². The fraction of sp³-hybridized carbons (Fsp3) is 0.571. The predicted molar refractivity (Wildman–Crippen MR) is 80.3 cm³/mol. The second-order valence-electron chi connectivity index (χ2n) is 4.77. The largest absolute Gasteiger partial charge is 0.486 e. The Morgan fingerprint density at radius 1 is 1.45 bits per heavy atom. The van der Waals surface area contributed by atoms with Crippen molar-refractivity contribution in [3.63, 3.8) is 0 Å². The molecule has 6 heteroatoms. The third kappa shape index (κ3) is 5.35. The van der Waals surface area contributed by atoms with E-state index in [-0.39, 0.29) is 11.4 Å². The molecule has 1 aromatic carbocycles. The first kappa shape index (κ1) is 16.7. The highest BCUT2D eigenvalue weighted by molar-refractivity contribution is 6.30. The first-order chi connectivity index (χ1) is 9.58. The number of ether oxygens (including phenoxy) is 1. The molecule has 0 saturated carbocycles. The Kier molecular flexibility index (Phi) is 7.33. The number of nitrogens with two attached hydrogens (primary N) is 1. The number of hydrogen-bond acceptors (Lipinski definition) is 4. The van der Waals surface area contributed by atoms with Crippen molar-refractivity contribution in [2.75, 3.05) is 13.2 Å². The van der Waals surface area contributed by atoms with Gasteiger partial charge in [0.15, 0.2) is 5.75 Å². The number of halogens is 1. The zero-order valence-electron chi connectivity index (χ0n) is 11.7. The van der Waals surface area contributed by atoms with Gasteiger partial charge in [0.25, 0.3) is 0 Å². The molecule has 0 bridgehead atoms. The average Bonchev–Trinajstić information content (AvgIpc) is 2.41. The summed E-state index contributed by atoms with van der Waals surface area (Å²) >= 11 is 5.86. The van der Waals surface area contributed by atoms with E-state index in [2.05, 4.69) is 6.92 Å². The number of nitro benzene ring substituents is 1. The van der Waals surface area contributed by atoms with Crippen LogP contribution in [-0.2, 0) is 0 Å². The van der Waals surface area contributed by atoms with Crippen molar-refractivity contribution in [1.29, 1.82) is 0 Å². The lowest BCUT2D eigenvalue weighted by atomic mass is 9.99. The van der Waals surface area contributed by atoms with Gasteiger partial charge in [-0.25, -0.2) is 0 Å². The Hall–Kier alpha value is -1.33. The van der Waals surface area contributed by atoms with Crippen LogP contribution in [0.3, 0.4) is 0 Å². The SMILES string of the molecule is CCCCC(CCN)COc1cc(Cl)ccc1[N+](=O)[O-]. The smallest absolute Gasteiger partial charge is 0.311 e. The van der Waals surface area contributed by atoms with Gasteiger partial charge in [0.05, 0.1) is 11.5 Å². The Morgan fingerprint density at radius 2 is 2.20 bits per heavy atom. The molecule has 5 nitrogen and oxygen atoms in total. The summed E-state index contributed by atoms with van der Waals surface area (Å²) in [6.45, 7) is 3.15. The Balaban J connectivity index is 2.70. The summed E-state index contributed by atoms with van der Waals surface area (Å²) in [7, 11) is 0. The first-order valence-corrected chi connectivity index (χ1v) is 7.23. The summed E-state index contributed by atoms with van der Waals surface area (Å²) in [5.74, 6) is 0.541. The van der Waals surface area contributed by atoms with E-state index in [4.69, 9.17) is 22.1 Å². The molecule has 0 amide bonds. The molecule has 1 atom stereocenters. The molecular formula is C14H21ClN2O3. The van der Waals surface area contributed by atoms with Crippen molar-refractivity contribution in [3.8, 4) is 5.75 Å². The number of benzene rings is 1. The predicted octanol–water partition coefficient (Wildman–Crippen LogP) is 3.78. The van der Waals surface area contributed by atoms with Crippen LogP contribution in [0.25, 0.3) is 0 Å². The number of unbranched alkanes of at least 4 members (excludes halogenated alkanes) is 1. The van der Waals surface area contributed by atoms with Crippen LogP contribution >= 0.6 is 11.6 Å². The van der Waals surface area contributed by atoms with Gasteiger partial charge in [-0.1, -0.05) is 31.4 Å². The van der Waals surface area contributed by atoms with Gasteiger partial charge in [0, 0.05) is 17.2 Å². The monoisotopic (exact) mass is 300 g/mol. The Bertz CT molecular complexity index is 440. The van der Waals surface area contributed by atoms with Crippen LogP contribution in [0.15, 0.2) is 18.2 Å². The summed E-state index contributed by atoms with van der Waals surface area (Å²) in [5.41, 5.74) is 5.53. The second kappa shape index (κ2) is 8.76. The molecule has 20 heavy (non-hydrogen) atoms. The van der Waals surface area contributed by atoms with E-state index in [1.807, 2.05) is 0 Å². The lowest BCUT2D eigenvalue weighted by Gasteiger charge is -2.16. The maximum atomic E-state index is 10.9. The van der Waals surface area contributed by atoms with Crippen molar-refractivity contribution in [2.45, 2.75) is 32.6 Å². The number of nitro groups is 1. The summed E-state index contributed by atoms with van der Waals surface area (Å²) in [6, 6.07) is 4.33. The third-order valence-corrected chi connectivity index (χ3v) is 3.37. The van der Waals surface area contributed by atoms with Crippen molar-refractivity contribution < 1.29 is 9.66 Å². The molecule has 0 aliphatic rings. The number of nitrogens with zero attached hydrogens (tertiary/aromatic N) is 1. The minimum Gasteiger partial charge on any atom is -0.486 e. The molecule has 0 heterocycles. The van der Waals surface area contributed by atoms with Gasteiger partial charge in [0.1, 0.15) is 0 Å². The Morgan fingerprint density at radius 3 is 2.80 bits per heavy atom. The van der Waals surface area contributed by atoms with Crippen molar-refractivity contribution in [3.05, 3.63) is 33.3 Å². The molecule has 0 saturated heterocycles. The maximum Gasteiger partial charge on any atom is 0.311 e. The minimum atomic E-state index is -0.463. The molecule has 0 aliphatic heterocycles. The molecular weight excluding hydrogens is 280 g/mol. The number of hydrogen-bond donors (Lipinski definition) is 1. The molecule has 0 spiro atoms. The standard InChI is InChI=1S/C14H21ClN2O3/c1-2-3-4-11(7-8-16)10-20-14-9-12(15)5-6-13(14)17(18)19/h5-6,9,11H,2-4,7-8,10,16H2,1H3. The van der Waals surface area contributed by atoms with Gasteiger partial charge < -0.3 is 10.5 Å². The van der Waals surface area contributed by atoms with E-state index >= 15 is 0 Å². The van der Waals surface area contributed by atoms with E-state index < -0.39 is 4.92 Å². The van der Waals surface area contributed by atoms with E-state index in [1.54, 1.807) is 0 Å². The summed E-state index contributed by atoms with van der Waals surface area (Å²) in [6.07, 6.45) is 4.08.